The monoisotopic (exact) mass is 188 g/mol. The van der Waals surface area contributed by atoms with E-state index >= 15 is 0 Å². The highest BCUT2D eigenvalue weighted by atomic mass is 15.0. The van der Waals surface area contributed by atoms with Crippen LogP contribution in [-0.2, 0) is 6.42 Å². The Kier molecular flexibility index (Phi) is 2.18. The van der Waals surface area contributed by atoms with Gasteiger partial charge in [-0.1, -0.05) is 18.2 Å². The summed E-state index contributed by atoms with van der Waals surface area (Å²) in [5.41, 5.74) is 8.50. The smallest absolute Gasteiger partial charge is 0.186 e. The number of rotatable bonds is 2. The molecule has 0 fully saturated rings. The highest BCUT2D eigenvalue weighted by Gasteiger charge is 2.12. The molecule has 0 saturated carbocycles. The number of nitrogens with two attached hydrogens (primary N) is 1. The van der Waals surface area contributed by atoms with Gasteiger partial charge in [-0.3, -0.25) is 10.4 Å². The number of aliphatic imine (C=N–C) groups is 1. The Labute approximate surface area is 82.4 Å². The summed E-state index contributed by atoms with van der Waals surface area (Å²) in [6, 6.07) is 8.05. The van der Waals surface area contributed by atoms with Gasteiger partial charge in [0.2, 0.25) is 0 Å². The standard InChI is InChI=1S/C10H12N4/c11-10(12)13-6-8-5-7-3-1-2-4-9(7)14-8/h1-4H,5-6H2,(H4,11,12,13). The maximum absolute atomic E-state index is 7.03. The fourth-order valence-electron chi connectivity index (χ4n) is 1.50. The summed E-state index contributed by atoms with van der Waals surface area (Å²) in [6.45, 7) is 0.560. The third kappa shape index (κ3) is 1.74. The van der Waals surface area contributed by atoms with Gasteiger partial charge in [-0.05, 0) is 11.6 Å². The average Bonchev–Trinajstić information content (AvgIpc) is 2.57. The highest BCUT2D eigenvalue weighted by Crippen LogP contribution is 2.25. The fourth-order valence-corrected chi connectivity index (χ4v) is 1.50. The molecule has 1 aliphatic heterocycles. The topological polar surface area (TPSA) is 74.3 Å². The van der Waals surface area contributed by atoms with Crippen molar-refractivity contribution >= 4 is 17.4 Å². The second kappa shape index (κ2) is 3.49. The number of benzene rings is 1. The minimum Gasteiger partial charge on any atom is -0.370 e. The van der Waals surface area contributed by atoms with Crippen LogP contribution < -0.4 is 11.1 Å². The summed E-state index contributed by atoms with van der Waals surface area (Å²) in [4.78, 5) is 4.43. The van der Waals surface area contributed by atoms with Gasteiger partial charge in [0.05, 0.1) is 12.2 Å². The Bertz CT molecular complexity index is 395. The summed E-state index contributed by atoms with van der Waals surface area (Å²) in [7, 11) is 0. The van der Waals surface area contributed by atoms with Crippen LogP contribution in [0.5, 0.6) is 0 Å². The molecule has 4 heteroatoms. The van der Waals surface area contributed by atoms with Crippen molar-refractivity contribution in [2.75, 3.05) is 6.54 Å². The first-order chi connectivity index (χ1) is 6.75. The molecular weight excluding hydrogens is 176 g/mol. The van der Waals surface area contributed by atoms with E-state index in [2.05, 4.69) is 16.4 Å². The molecule has 0 aliphatic carbocycles. The molecule has 1 aliphatic rings. The lowest BCUT2D eigenvalue weighted by atomic mass is 10.1. The third-order valence-electron chi connectivity index (χ3n) is 2.15. The van der Waals surface area contributed by atoms with Crippen molar-refractivity contribution in [3.63, 3.8) is 0 Å². The van der Waals surface area contributed by atoms with E-state index in [1.165, 1.54) is 5.56 Å². The predicted octanol–water partition coefficient (Wildman–Crippen LogP) is 0.798. The minimum atomic E-state index is -0.0105. The quantitative estimate of drug-likeness (QED) is 0.474. The number of fused-ring (bicyclic) bond motifs is 1. The molecule has 0 unspecified atom stereocenters. The zero-order valence-electron chi connectivity index (χ0n) is 7.75. The van der Waals surface area contributed by atoms with Crippen molar-refractivity contribution < 1.29 is 0 Å². The minimum absolute atomic E-state index is 0.0105. The van der Waals surface area contributed by atoms with Crippen LogP contribution in [0, 0.1) is 5.41 Å². The van der Waals surface area contributed by atoms with Crippen LogP contribution in [0.1, 0.15) is 5.56 Å². The Morgan fingerprint density at radius 1 is 1.50 bits per heavy atom. The molecule has 4 nitrogen and oxygen atoms in total. The second-order valence-electron chi connectivity index (χ2n) is 3.25. The normalized spacial score (nSPS) is 13.3. The van der Waals surface area contributed by atoms with Crippen molar-refractivity contribution in [2.24, 2.45) is 10.7 Å². The van der Waals surface area contributed by atoms with Gasteiger partial charge < -0.3 is 11.1 Å². The summed E-state index contributed by atoms with van der Waals surface area (Å²) >= 11 is 0. The van der Waals surface area contributed by atoms with Gasteiger partial charge in [0, 0.05) is 12.1 Å². The van der Waals surface area contributed by atoms with E-state index in [0.717, 1.165) is 17.8 Å². The highest BCUT2D eigenvalue weighted by molar-refractivity contribution is 5.97. The van der Waals surface area contributed by atoms with Crippen LogP contribution in [0.4, 0.5) is 5.69 Å². The van der Waals surface area contributed by atoms with Gasteiger partial charge in [-0.15, -0.1) is 0 Å². The molecule has 0 bridgehead atoms. The van der Waals surface area contributed by atoms with Gasteiger partial charge in [0.25, 0.3) is 0 Å². The summed E-state index contributed by atoms with van der Waals surface area (Å²) in [5.74, 6) is -0.0105. The molecule has 0 amide bonds. The van der Waals surface area contributed by atoms with Gasteiger partial charge in [0.1, 0.15) is 0 Å². The van der Waals surface area contributed by atoms with Crippen molar-refractivity contribution in [3.8, 4) is 0 Å². The van der Waals surface area contributed by atoms with Crippen LogP contribution in [-0.4, -0.2) is 18.2 Å². The fraction of sp³-hybridized carbons (Fsp3) is 0.200. The van der Waals surface area contributed by atoms with Crippen LogP contribution in [0.25, 0.3) is 0 Å². The molecule has 14 heavy (non-hydrogen) atoms. The van der Waals surface area contributed by atoms with Crippen LogP contribution in [0.15, 0.2) is 29.3 Å². The molecule has 72 valence electrons. The molecule has 1 heterocycles. The number of hydrogen-bond donors (Lipinski definition) is 3. The lowest BCUT2D eigenvalue weighted by Crippen LogP contribution is -2.34. The molecule has 1 aromatic carbocycles. The maximum Gasteiger partial charge on any atom is 0.186 e. The lowest BCUT2D eigenvalue weighted by Gasteiger charge is -2.01. The first-order valence-electron chi connectivity index (χ1n) is 4.48. The molecule has 0 spiro atoms. The molecule has 0 radical (unpaired) electrons. The Balaban J connectivity index is 2.05. The van der Waals surface area contributed by atoms with E-state index < -0.39 is 0 Å². The van der Waals surface area contributed by atoms with Crippen molar-refractivity contribution in [1.29, 1.82) is 5.41 Å². The van der Waals surface area contributed by atoms with E-state index in [0.29, 0.717) is 6.54 Å². The Hall–Kier alpha value is -1.84. The lowest BCUT2D eigenvalue weighted by molar-refractivity contribution is 1.03. The first-order valence-corrected chi connectivity index (χ1v) is 4.48. The van der Waals surface area contributed by atoms with Crippen molar-refractivity contribution in [2.45, 2.75) is 6.42 Å². The second-order valence-corrected chi connectivity index (χ2v) is 3.25. The summed E-state index contributed by atoms with van der Waals surface area (Å²) < 4.78 is 0. The van der Waals surface area contributed by atoms with Crippen molar-refractivity contribution in [1.82, 2.24) is 5.32 Å². The van der Waals surface area contributed by atoms with E-state index in [4.69, 9.17) is 11.1 Å². The molecular formula is C10H12N4. The SMILES string of the molecule is N=C(N)NCC1=Nc2ccccc2C1. The number of nitrogens with zero attached hydrogens (tertiary/aromatic N) is 1. The molecule has 1 aromatic rings. The Morgan fingerprint density at radius 3 is 3.00 bits per heavy atom. The van der Waals surface area contributed by atoms with Gasteiger partial charge in [-0.2, -0.15) is 0 Å². The van der Waals surface area contributed by atoms with Crippen LogP contribution >= 0.6 is 0 Å². The van der Waals surface area contributed by atoms with Crippen LogP contribution in [0.3, 0.4) is 0 Å². The Morgan fingerprint density at radius 2 is 2.29 bits per heavy atom. The average molecular weight is 188 g/mol. The predicted molar refractivity (Wildman–Crippen MR) is 57.2 cm³/mol. The largest absolute Gasteiger partial charge is 0.370 e. The number of nitrogens with one attached hydrogen (secondary N) is 2. The molecule has 0 aromatic heterocycles. The van der Waals surface area contributed by atoms with E-state index in [1.54, 1.807) is 0 Å². The molecule has 2 rings (SSSR count). The van der Waals surface area contributed by atoms with Gasteiger partial charge in [-0.25, -0.2) is 0 Å². The summed E-state index contributed by atoms with van der Waals surface area (Å²) in [5, 5.41) is 9.78. The van der Waals surface area contributed by atoms with Crippen LogP contribution in [0.2, 0.25) is 0 Å². The van der Waals surface area contributed by atoms with Gasteiger partial charge in [0.15, 0.2) is 5.96 Å². The molecule has 4 N–H and O–H groups in total. The molecule has 0 atom stereocenters. The third-order valence-corrected chi connectivity index (χ3v) is 2.15. The summed E-state index contributed by atoms with van der Waals surface area (Å²) in [6.07, 6.45) is 0.858. The zero-order valence-corrected chi connectivity index (χ0v) is 7.75. The van der Waals surface area contributed by atoms with E-state index in [1.807, 2.05) is 18.2 Å². The molecule has 0 saturated heterocycles. The van der Waals surface area contributed by atoms with Crippen molar-refractivity contribution in [3.05, 3.63) is 29.8 Å². The van der Waals surface area contributed by atoms with E-state index in [-0.39, 0.29) is 5.96 Å². The van der Waals surface area contributed by atoms with Gasteiger partial charge >= 0.3 is 0 Å². The number of guanidine groups is 1. The number of hydrogen-bond acceptors (Lipinski definition) is 2. The van der Waals surface area contributed by atoms with E-state index in [9.17, 15) is 0 Å². The number of para-hydroxylation sites is 1. The zero-order chi connectivity index (χ0) is 9.97. The maximum atomic E-state index is 7.03. The first kappa shape index (κ1) is 8.74.